The van der Waals surface area contributed by atoms with Crippen LogP contribution in [0.2, 0.25) is 0 Å². The van der Waals surface area contributed by atoms with Crippen LogP contribution in [0.5, 0.6) is 0 Å². The van der Waals surface area contributed by atoms with Crippen molar-refractivity contribution in [3.63, 3.8) is 0 Å². The largest absolute Gasteiger partial charge is 0.355 e. The fourth-order valence-corrected chi connectivity index (χ4v) is 2.49. The van der Waals surface area contributed by atoms with Crippen LogP contribution in [0.15, 0.2) is 0 Å². The Morgan fingerprint density at radius 3 is 2.71 bits per heavy atom. The molecule has 0 aromatic carbocycles. The minimum Gasteiger partial charge on any atom is -0.355 e. The average Bonchev–Trinajstić information content (AvgIpc) is 2.22. The molecule has 0 aromatic rings. The fourth-order valence-electron chi connectivity index (χ4n) is 2.49. The van der Waals surface area contributed by atoms with Crippen LogP contribution >= 0.6 is 0 Å². The number of hydrogen-bond acceptors (Lipinski definition) is 2. The highest BCUT2D eigenvalue weighted by Crippen LogP contribution is 2.34. The standard InChI is InChI=1S/C14H28N2O/c1-11(2)9-16-13(17)10-15-12-6-5-7-14(3,4)8-12/h11-12,15H,5-10H2,1-4H3,(H,16,17). The molecule has 0 saturated heterocycles. The first kappa shape index (κ1) is 14.5. The first-order valence-corrected chi connectivity index (χ1v) is 6.89. The molecule has 0 bridgehead atoms. The molecule has 1 amide bonds. The van der Waals surface area contributed by atoms with Gasteiger partial charge >= 0.3 is 0 Å². The van der Waals surface area contributed by atoms with E-state index in [1.165, 1.54) is 25.7 Å². The van der Waals surface area contributed by atoms with E-state index in [0.29, 0.717) is 23.9 Å². The maximum absolute atomic E-state index is 11.6. The third kappa shape index (κ3) is 6.06. The molecule has 0 heterocycles. The molecule has 0 radical (unpaired) electrons. The van der Waals surface area contributed by atoms with Gasteiger partial charge in [-0.15, -0.1) is 0 Å². The summed E-state index contributed by atoms with van der Waals surface area (Å²) in [5.74, 6) is 0.648. The molecule has 2 N–H and O–H groups in total. The second kappa shape index (κ2) is 6.39. The van der Waals surface area contributed by atoms with Crippen molar-refractivity contribution in [1.82, 2.24) is 10.6 Å². The van der Waals surface area contributed by atoms with Crippen molar-refractivity contribution in [3.8, 4) is 0 Å². The van der Waals surface area contributed by atoms with Gasteiger partial charge in [0.05, 0.1) is 6.54 Å². The van der Waals surface area contributed by atoms with E-state index in [0.717, 1.165) is 6.54 Å². The van der Waals surface area contributed by atoms with E-state index >= 15 is 0 Å². The lowest BCUT2D eigenvalue weighted by Crippen LogP contribution is -2.43. The van der Waals surface area contributed by atoms with Crippen LogP contribution in [0, 0.1) is 11.3 Å². The van der Waals surface area contributed by atoms with Crippen molar-refractivity contribution < 1.29 is 4.79 Å². The van der Waals surface area contributed by atoms with Crippen molar-refractivity contribution in [2.75, 3.05) is 13.1 Å². The van der Waals surface area contributed by atoms with Crippen LogP contribution in [0.25, 0.3) is 0 Å². The summed E-state index contributed by atoms with van der Waals surface area (Å²) in [4.78, 5) is 11.6. The Morgan fingerprint density at radius 1 is 1.41 bits per heavy atom. The van der Waals surface area contributed by atoms with Crippen molar-refractivity contribution in [2.45, 2.75) is 59.4 Å². The molecule has 100 valence electrons. The van der Waals surface area contributed by atoms with E-state index < -0.39 is 0 Å². The van der Waals surface area contributed by atoms with Crippen LogP contribution in [-0.4, -0.2) is 25.0 Å². The summed E-state index contributed by atoms with van der Waals surface area (Å²) in [6, 6.07) is 0.517. The van der Waals surface area contributed by atoms with Crippen LogP contribution < -0.4 is 10.6 Å². The lowest BCUT2D eigenvalue weighted by Gasteiger charge is -2.35. The Labute approximate surface area is 106 Å². The number of amides is 1. The van der Waals surface area contributed by atoms with Crippen LogP contribution in [-0.2, 0) is 4.79 Å². The lowest BCUT2D eigenvalue weighted by molar-refractivity contribution is -0.120. The molecule has 1 saturated carbocycles. The van der Waals surface area contributed by atoms with Gasteiger partial charge in [-0.3, -0.25) is 4.79 Å². The van der Waals surface area contributed by atoms with E-state index in [-0.39, 0.29) is 5.91 Å². The Morgan fingerprint density at radius 2 is 2.12 bits per heavy atom. The maximum atomic E-state index is 11.6. The average molecular weight is 240 g/mol. The van der Waals surface area contributed by atoms with Gasteiger partial charge < -0.3 is 10.6 Å². The van der Waals surface area contributed by atoms with E-state index in [9.17, 15) is 4.79 Å². The highest BCUT2D eigenvalue weighted by molar-refractivity contribution is 5.77. The molecule has 17 heavy (non-hydrogen) atoms. The summed E-state index contributed by atoms with van der Waals surface area (Å²) in [7, 11) is 0. The number of carbonyl (C=O) groups excluding carboxylic acids is 1. The second-order valence-corrected chi connectivity index (χ2v) is 6.54. The van der Waals surface area contributed by atoms with Gasteiger partial charge in [0.2, 0.25) is 5.91 Å². The molecule has 1 rings (SSSR count). The third-order valence-electron chi connectivity index (χ3n) is 3.46. The molecule has 1 aliphatic rings. The fraction of sp³-hybridized carbons (Fsp3) is 0.929. The predicted octanol–water partition coefficient (Wildman–Crippen LogP) is 2.32. The van der Waals surface area contributed by atoms with Gasteiger partial charge in [-0.2, -0.15) is 0 Å². The van der Waals surface area contributed by atoms with Crippen molar-refractivity contribution in [1.29, 1.82) is 0 Å². The quantitative estimate of drug-likeness (QED) is 0.774. The summed E-state index contributed by atoms with van der Waals surface area (Å²) in [6.07, 6.45) is 4.98. The molecule has 1 aliphatic carbocycles. The smallest absolute Gasteiger partial charge is 0.233 e. The molecule has 1 unspecified atom stereocenters. The molecule has 3 heteroatoms. The summed E-state index contributed by atoms with van der Waals surface area (Å²) in [5, 5.41) is 6.33. The number of rotatable bonds is 5. The summed E-state index contributed by atoms with van der Waals surface area (Å²) >= 11 is 0. The van der Waals surface area contributed by atoms with Crippen LogP contribution in [0.4, 0.5) is 0 Å². The summed E-state index contributed by atoms with van der Waals surface area (Å²) in [5.41, 5.74) is 0.435. The Hall–Kier alpha value is -0.570. The first-order chi connectivity index (χ1) is 7.89. The van der Waals surface area contributed by atoms with Crippen LogP contribution in [0.1, 0.15) is 53.4 Å². The number of hydrogen-bond donors (Lipinski definition) is 2. The predicted molar refractivity (Wildman–Crippen MR) is 71.9 cm³/mol. The van der Waals surface area contributed by atoms with Gasteiger partial charge in [-0.25, -0.2) is 0 Å². The molecular formula is C14H28N2O. The molecule has 0 spiro atoms. The number of carbonyl (C=O) groups is 1. The highest BCUT2D eigenvalue weighted by Gasteiger charge is 2.27. The van der Waals surface area contributed by atoms with E-state index in [1.807, 2.05) is 0 Å². The highest BCUT2D eigenvalue weighted by atomic mass is 16.1. The van der Waals surface area contributed by atoms with Crippen molar-refractivity contribution in [2.24, 2.45) is 11.3 Å². The minimum atomic E-state index is 0.127. The zero-order chi connectivity index (χ0) is 12.9. The second-order valence-electron chi connectivity index (χ2n) is 6.54. The van der Waals surface area contributed by atoms with Gasteiger partial charge in [-0.05, 0) is 30.6 Å². The van der Waals surface area contributed by atoms with E-state index in [2.05, 4.69) is 38.3 Å². The molecule has 1 atom stereocenters. The van der Waals surface area contributed by atoms with E-state index in [4.69, 9.17) is 0 Å². The molecule has 0 aliphatic heterocycles. The van der Waals surface area contributed by atoms with Crippen molar-refractivity contribution >= 4 is 5.91 Å². The Kier molecular flexibility index (Phi) is 5.44. The van der Waals surface area contributed by atoms with Gasteiger partial charge in [0.1, 0.15) is 0 Å². The zero-order valence-electron chi connectivity index (χ0n) is 11.8. The monoisotopic (exact) mass is 240 g/mol. The van der Waals surface area contributed by atoms with Crippen molar-refractivity contribution in [3.05, 3.63) is 0 Å². The lowest BCUT2D eigenvalue weighted by atomic mass is 9.75. The van der Waals surface area contributed by atoms with Gasteiger partial charge in [-0.1, -0.05) is 34.1 Å². The number of nitrogens with one attached hydrogen (secondary N) is 2. The SMILES string of the molecule is CC(C)CNC(=O)CNC1CCCC(C)(C)C1. The molecule has 0 aromatic heterocycles. The maximum Gasteiger partial charge on any atom is 0.233 e. The zero-order valence-corrected chi connectivity index (χ0v) is 11.8. The van der Waals surface area contributed by atoms with Crippen LogP contribution in [0.3, 0.4) is 0 Å². The van der Waals surface area contributed by atoms with Gasteiger partial charge in [0.25, 0.3) is 0 Å². The minimum absolute atomic E-state index is 0.127. The van der Waals surface area contributed by atoms with Gasteiger partial charge in [0.15, 0.2) is 0 Å². The molecule has 3 nitrogen and oxygen atoms in total. The van der Waals surface area contributed by atoms with Gasteiger partial charge in [0, 0.05) is 12.6 Å². The summed E-state index contributed by atoms with van der Waals surface area (Å²) in [6.45, 7) is 10.1. The normalized spacial score (nSPS) is 23.7. The van der Waals surface area contributed by atoms with E-state index in [1.54, 1.807) is 0 Å². The molecular weight excluding hydrogens is 212 g/mol. The topological polar surface area (TPSA) is 41.1 Å². The Balaban J connectivity index is 2.19. The third-order valence-corrected chi connectivity index (χ3v) is 3.46. The first-order valence-electron chi connectivity index (χ1n) is 6.89. The summed E-state index contributed by atoms with van der Waals surface area (Å²) < 4.78 is 0. The molecule has 1 fully saturated rings. The Bertz CT molecular complexity index is 249.